The highest BCUT2D eigenvalue weighted by atomic mass is 19.4. The van der Waals surface area contributed by atoms with Gasteiger partial charge in [0.25, 0.3) is 0 Å². The molecule has 4 nitrogen and oxygen atoms in total. The van der Waals surface area contributed by atoms with Gasteiger partial charge in [0.15, 0.2) is 0 Å². The number of rotatable bonds is 4. The first-order valence-electron chi connectivity index (χ1n) is 7.70. The fourth-order valence-electron chi connectivity index (χ4n) is 4.86. The molecule has 0 aromatic heterocycles. The van der Waals surface area contributed by atoms with E-state index in [1.165, 1.54) is 19.3 Å². The first-order chi connectivity index (χ1) is 10.3. The minimum absolute atomic E-state index is 0.317. The van der Waals surface area contributed by atoms with Gasteiger partial charge in [-0.05, 0) is 56.3 Å². The van der Waals surface area contributed by atoms with Crippen LogP contribution in [-0.2, 0) is 19.1 Å². The average Bonchev–Trinajstić information content (AvgIpc) is 2.40. The van der Waals surface area contributed by atoms with Crippen molar-refractivity contribution in [2.45, 2.75) is 44.7 Å². The summed E-state index contributed by atoms with van der Waals surface area (Å²) in [6.45, 7) is -0.876. The van der Waals surface area contributed by atoms with E-state index in [1.807, 2.05) is 0 Å². The van der Waals surface area contributed by atoms with Crippen LogP contribution in [0.5, 0.6) is 0 Å². The second-order valence-corrected chi connectivity index (χ2v) is 6.97. The molecule has 0 saturated heterocycles. The second-order valence-electron chi connectivity index (χ2n) is 6.97. The fourth-order valence-corrected chi connectivity index (χ4v) is 4.86. The summed E-state index contributed by atoms with van der Waals surface area (Å²) in [6, 6.07) is 0. The van der Waals surface area contributed by atoms with Crippen molar-refractivity contribution in [1.82, 2.24) is 0 Å². The Morgan fingerprint density at radius 3 is 1.82 bits per heavy atom. The molecular formula is C15H19F3O4. The van der Waals surface area contributed by atoms with Crippen molar-refractivity contribution in [2.24, 2.45) is 23.2 Å². The average molecular weight is 320 g/mol. The lowest BCUT2D eigenvalue weighted by Crippen LogP contribution is -2.50. The van der Waals surface area contributed by atoms with Crippen LogP contribution >= 0.6 is 0 Å². The van der Waals surface area contributed by atoms with Gasteiger partial charge in [-0.3, -0.25) is 4.79 Å². The van der Waals surface area contributed by atoms with Crippen LogP contribution in [0.3, 0.4) is 0 Å². The zero-order valence-electron chi connectivity index (χ0n) is 12.2. The number of carbonyl (C=O) groups excluding carboxylic acids is 2. The number of hydrogen-bond donors (Lipinski definition) is 0. The predicted octanol–water partition coefficient (Wildman–Crippen LogP) is 2.85. The molecule has 0 aromatic carbocycles. The van der Waals surface area contributed by atoms with E-state index in [2.05, 4.69) is 4.74 Å². The van der Waals surface area contributed by atoms with E-state index in [0.717, 1.165) is 19.3 Å². The van der Waals surface area contributed by atoms with Crippen molar-refractivity contribution >= 4 is 11.9 Å². The SMILES string of the molecule is O=C(OCCOC(=O)C12CC3CC(CC(C3)C1)C2)C(F)(F)F. The van der Waals surface area contributed by atoms with Gasteiger partial charge in [-0.1, -0.05) is 0 Å². The van der Waals surface area contributed by atoms with E-state index in [1.54, 1.807) is 0 Å². The monoisotopic (exact) mass is 320 g/mol. The molecule has 0 heterocycles. The Morgan fingerprint density at radius 2 is 1.36 bits per heavy atom. The van der Waals surface area contributed by atoms with Crippen LogP contribution in [0.4, 0.5) is 13.2 Å². The van der Waals surface area contributed by atoms with E-state index in [4.69, 9.17) is 4.74 Å². The normalized spacial score (nSPS) is 36.2. The molecule has 0 N–H and O–H groups in total. The first kappa shape index (κ1) is 15.6. The molecule has 0 aromatic rings. The molecule has 7 heteroatoms. The van der Waals surface area contributed by atoms with Crippen LogP contribution in [0.2, 0.25) is 0 Å². The molecule has 22 heavy (non-hydrogen) atoms. The van der Waals surface area contributed by atoms with E-state index in [0.29, 0.717) is 17.8 Å². The molecule has 124 valence electrons. The minimum atomic E-state index is -5.01. The Kier molecular flexibility index (Phi) is 3.85. The molecule has 4 fully saturated rings. The van der Waals surface area contributed by atoms with Gasteiger partial charge < -0.3 is 9.47 Å². The molecule has 4 saturated carbocycles. The standard InChI is InChI=1S/C15H19F3O4/c16-15(17,18)13(20)22-2-1-21-12(19)14-6-9-3-10(7-14)5-11(4-9)8-14/h9-11H,1-8H2. The van der Waals surface area contributed by atoms with Gasteiger partial charge in [-0.15, -0.1) is 0 Å². The maximum atomic E-state index is 12.4. The van der Waals surface area contributed by atoms with Crippen LogP contribution < -0.4 is 0 Å². The summed E-state index contributed by atoms with van der Waals surface area (Å²) in [4.78, 5) is 22.9. The summed E-state index contributed by atoms with van der Waals surface area (Å²) in [6.07, 6.45) is 1.06. The third kappa shape index (κ3) is 2.94. The third-order valence-electron chi connectivity index (χ3n) is 5.25. The Bertz CT molecular complexity index is 437. The minimum Gasteiger partial charge on any atom is -0.462 e. The number of esters is 2. The largest absolute Gasteiger partial charge is 0.490 e. The molecule has 4 aliphatic rings. The highest BCUT2D eigenvalue weighted by Crippen LogP contribution is 2.60. The smallest absolute Gasteiger partial charge is 0.462 e. The zero-order chi connectivity index (χ0) is 16.0. The van der Waals surface area contributed by atoms with Crippen LogP contribution in [0, 0.1) is 23.2 Å². The molecule has 4 aliphatic carbocycles. The summed E-state index contributed by atoms with van der Waals surface area (Å²) in [5, 5.41) is 0. The van der Waals surface area contributed by atoms with Gasteiger partial charge >= 0.3 is 18.1 Å². The topological polar surface area (TPSA) is 52.6 Å². The maximum Gasteiger partial charge on any atom is 0.490 e. The van der Waals surface area contributed by atoms with E-state index < -0.39 is 24.2 Å². The summed E-state index contributed by atoms with van der Waals surface area (Å²) < 4.78 is 45.0. The maximum absolute atomic E-state index is 12.4. The summed E-state index contributed by atoms with van der Waals surface area (Å²) in [5.74, 6) is -0.821. The number of alkyl halides is 3. The molecule has 0 spiro atoms. The van der Waals surface area contributed by atoms with Crippen molar-refractivity contribution in [1.29, 1.82) is 0 Å². The second kappa shape index (κ2) is 5.42. The van der Waals surface area contributed by atoms with Crippen molar-refractivity contribution in [3.05, 3.63) is 0 Å². The molecule has 0 atom stereocenters. The van der Waals surface area contributed by atoms with Crippen molar-refractivity contribution in [2.75, 3.05) is 13.2 Å². The summed E-state index contributed by atoms with van der Waals surface area (Å²) in [5.41, 5.74) is -0.442. The Balaban J connectivity index is 1.48. The molecule has 4 bridgehead atoms. The highest BCUT2D eigenvalue weighted by molar-refractivity contribution is 5.77. The first-order valence-corrected chi connectivity index (χ1v) is 7.70. The number of hydrogen-bond acceptors (Lipinski definition) is 4. The third-order valence-corrected chi connectivity index (χ3v) is 5.25. The van der Waals surface area contributed by atoms with Gasteiger partial charge in [0.05, 0.1) is 5.41 Å². The molecule has 0 unspecified atom stereocenters. The van der Waals surface area contributed by atoms with Crippen molar-refractivity contribution in [3.8, 4) is 0 Å². The highest BCUT2D eigenvalue weighted by Gasteiger charge is 2.55. The Hall–Kier alpha value is -1.27. The van der Waals surface area contributed by atoms with Gasteiger partial charge in [0.1, 0.15) is 13.2 Å². The summed E-state index contributed by atoms with van der Waals surface area (Å²) >= 11 is 0. The number of carbonyl (C=O) groups is 2. The van der Waals surface area contributed by atoms with Gasteiger partial charge in [-0.2, -0.15) is 13.2 Å². The molecule has 4 rings (SSSR count). The molecule has 0 radical (unpaired) electrons. The number of halogens is 3. The van der Waals surface area contributed by atoms with E-state index in [9.17, 15) is 22.8 Å². The lowest BCUT2D eigenvalue weighted by atomic mass is 9.49. The van der Waals surface area contributed by atoms with Crippen LogP contribution in [0.1, 0.15) is 38.5 Å². The van der Waals surface area contributed by atoms with Crippen molar-refractivity contribution in [3.63, 3.8) is 0 Å². The van der Waals surface area contributed by atoms with E-state index >= 15 is 0 Å². The van der Waals surface area contributed by atoms with E-state index in [-0.39, 0.29) is 12.6 Å². The van der Waals surface area contributed by atoms with Crippen LogP contribution in [0.15, 0.2) is 0 Å². The lowest BCUT2D eigenvalue weighted by molar-refractivity contribution is -0.202. The Morgan fingerprint density at radius 1 is 0.909 bits per heavy atom. The van der Waals surface area contributed by atoms with Crippen LogP contribution in [-0.4, -0.2) is 31.3 Å². The van der Waals surface area contributed by atoms with Gasteiger partial charge in [0.2, 0.25) is 0 Å². The quantitative estimate of drug-likeness (QED) is 0.590. The van der Waals surface area contributed by atoms with Crippen LogP contribution in [0.25, 0.3) is 0 Å². The fraction of sp³-hybridized carbons (Fsp3) is 0.867. The van der Waals surface area contributed by atoms with Gasteiger partial charge in [0, 0.05) is 0 Å². The van der Waals surface area contributed by atoms with Gasteiger partial charge in [-0.25, -0.2) is 4.79 Å². The molecular weight excluding hydrogens is 301 g/mol. The molecule has 0 aliphatic heterocycles. The van der Waals surface area contributed by atoms with Crippen molar-refractivity contribution < 1.29 is 32.2 Å². The number of ether oxygens (including phenoxy) is 2. The molecule has 0 amide bonds. The predicted molar refractivity (Wildman–Crippen MR) is 68.6 cm³/mol. The zero-order valence-corrected chi connectivity index (χ0v) is 12.2. The Labute approximate surface area is 126 Å². The summed E-state index contributed by atoms with van der Waals surface area (Å²) in [7, 11) is 0. The lowest BCUT2D eigenvalue weighted by Gasteiger charge is -2.55.